The number of carbonyl (C=O) groups excluding carboxylic acids is 1. The lowest BCUT2D eigenvalue weighted by Crippen LogP contribution is -2.28. The summed E-state index contributed by atoms with van der Waals surface area (Å²) >= 11 is 0. The molecule has 0 radical (unpaired) electrons. The van der Waals surface area contributed by atoms with Gasteiger partial charge in [0.25, 0.3) is 0 Å². The third-order valence-electron chi connectivity index (χ3n) is 4.68. The van der Waals surface area contributed by atoms with Crippen molar-refractivity contribution in [3.05, 3.63) is 47.8 Å². The molecule has 1 aliphatic rings. The second kappa shape index (κ2) is 8.32. The highest BCUT2D eigenvalue weighted by Crippen LogP contribution is 2.35. The van der Waals surface area contributed by atoms with E-state index >= 15 is 0 Å². The van der Waals surface area contributed by atoms with Gasteiger partial charge in [0.2, 0.25) is 5.91 Å². The summed E-state index contributed by atoms with van der Waals surface area (Å²) in [6.45, 7) is 5.31. The molecule has 1 atom stereocenters. The zero-order chi connectivity index (χ0) is 19.4. The quantitative estimate of drug-likeness (QED) is 0.514. The summed E-state index contributed by atoms with van der Waals surface area (Å²) in [5.74, 6) is -0.231. The predicted molar refractivity (Wildman–Crippen MR) is 101 cm³/mol. The number of amides is 1. The van der Waals surface area contributed by atoms with E-state index in [1.54, 1.807) is 11.6 Å². The SMILES string of the molecule is CC(C)C(c1cc2ccccc2n1CCO)N1C/C(=C/CC(=O)NO)N=N1. The largest absolute Gasteiger partial charge is 0.395 e. The zero-order valence-electron chi connectivity index (χ0n) is 15.5. The predicted octanol–water partition coefficient (Wildman–Crippen LogP) is 2.79. The molecule has 1 unspecified atom stereocenters. The first-order valence-electron chi connectivity index (χ1n) is 9.04. The summed E-state index contributed by atoms with van der Waals surface area (Å²) in [5, 5.41) is 29.7. The topological polar surface area (TPSA) is 102 Å². The van der Waals surface area contributed by atoms with Crippen molar-refractivity contribution >= 4 is 16.8 Å². The summed E-state index contributed by atoms with van der Waals surface area (Å²) in [7, 11) is 0. The smallest absolute Gasteiger partial charge is 0.247 e. The number of nitrogens with one attached hydrogen (secondary N) is 1. The van der Waals surface area contributed by atoms with Crippen molar-refractivity contribution in [3.63, 3.8) is 0 Å². The maximum absolute atomic E-state index is 11.2. The number of hydroxylamine groups is 1. The molecular formula is C19H25N5O3. The molecule has 8 nitrogen and oxygen atoms in total. The highest BCUT2D eigenvalue weighted by Gasteiger charge is 2.30. The van der Waals surface area contributed by atoms with Crippen LogP contribution >= 0.6 is 0 Å². The van der Waals surface area contributed by atoms with Crippen molar-refractivity contribution in [1.29, 1.82) is 0 Å². The Morgan fingerprint density at radius 2 is 2.15 bits per heavy atom. The number of benzene rings is 1. The molecule has 3 rings (SSSR count). The lowest BCUT2D eigenvalue weighted by molar-refractivity contribution is -0.128. The Kier molecular flexibility index (Phi) is 5.88. The lowest BCUT2D eigenvalue weighted by atomic mass is 9.99. The number of nitrogens with zero attached hydrogens (tertiary/aromatic N) is 4. The highest BCUT2D eigenvalue weighted by molar-refractivity contribution is 5.81. The third-order valence-corrected chi connectivity index (χ3v) is 4.68. The van der Waals surface area contributed by atoms with Crippen LogP contribution in [-0.4, -0.2) is 38.9 Å². The van der Waals surface area contributed by atoms with Crippen LogP contribution in [0.25, 0.3) is 10.9 Å². The summed E-state index contributed by atoms with van der Waals surface area (Å²) in [5.41, 5.74) is 4.46. The molecule has 1 aromatic carbocycles. The zero-order valence-corrected chi connectivity index (χ0v) is 15.5. The van der Waals surface area contributed by atoms with Crippen LogP contribution in [-0.2, 0) is 11.3 Å². The molecule has 0 saturated heterocycles. The van der Waals surface area contributed by atoms with E-state index in [9.17, 15) is 9.90 Å². The number of aliphatic hydroxyl groups excluding tert-OH is 1. The van der Waals surface area contributed by atoms with E-state index in [1.807, 2.05) is 17.1 Å². The molecule has 3 N–H and O–H groups in total. The third kappa shape index (κ3) is 4.01. The second-order valence-corrected chi connectivity index (χ2v) is 6.91. The van der Waals surface area contributed by atoms with Crippen LogP contribution in [0.2, 0.25) is 0 Å². The van der Waals surface area contributed by atoms with Crippen molar-refractivity contribution < 1.29 is 15.1 Å². The molecule has 1 aliphatic heterocycles. The normalized spacial score (nSPS) is 16.6. The number of aliphatic hydroxyl groups is 1. The van der Waals surface area contributed by atoms with Gasteiger partial charge in [-0.05, 0) is 29.5 Å². The van der Waals surface area contributed by atoms with Gasteiger partial charge < -0.3 is 9.67 Å². The van der Waals surface area contributed by atoms with Gasteiger partial charge in [-0.2, -0.15) is 0 Å². The molecule has 1 aromatic heterocycles. The molecular weight excluding hydrogens is 346 g/mol. The average Bonchev–Trinajstić information content (AvgIpc) is 3.26. The van der Waals surface area contributed by atoms with Crippen molar-refractivity contribution in [3.8, 4) is 0 Å². The van der Waals surface area contributed by atoms with Gasteiger partial charge in [0.15, 0.2) is 0 Å². The van der Waals surface area contributed by atoms with E-state index in [0.29, 0.717) is 18.8 Å². The summed E-state index contributed by atoms with van der Waals surface area (Å²) < 4.78 is 2.14. The lowest BCUT2D eigenvalue weighted by Gasteiger charge is -2.29. The number of hydrogen-bond acceptors (Lipinski definition) is 6. The van der Waals surface area contributed by atoms with Crippen LogP contribution in [0.5, 0.6) is 0 Å². The second-order valence-electron chi connectivity index (χ2n) is 6.91. The van der Waals surface area contributed by atoms with Crippen LogP contribution in [0.4, 0.5) is 0 Å². The van der Waals surface area contributed by atoms with Gasteiger partial charge in [-0.3, -0.25) is 15.0 Å². The molecule has 0 spiro atoms. The van der Waals surface area contributed by atoms with E-state index in [1.165, 1.54) is 0 Å². The monoisotopic (exact) mass is 371 g/mol. The van der Waals surface area contributed by atoms with E-state index in [4.69, 9.17) is 5.21 Å². The molecule has 0 saturated carbocycles. The molecule has 8 heteroatoms. The van der Waals surface area contributed by atoms with Crippen LogP contribution < -0.4 is 5.48 Å². The minimum absolute atomic E-state index is 0.0229. The number of aromatic nitrogens is 1. The van der Waals surface area contributed by atoms with E-state index in [2.05, 4.69) is 47.0 Å². The van der Waals surface area contributed by atoms with Gasteiger partial charge in [0, 0.05) is 24.2 Å². The van der Waals surface area contributed by atoms with Crippen LogP contribution in [0.15, 0.2) is 52.4 Å². The van der Waals surface area contributed by atoms with Gasteiger partial charge in [0.05, 0.1) is 24.9 Å². The number of para-hydroxylation sites is 1. The minimum Gasteiger partial charge on any atom is -0.395 e. The molecule has 2 aromatic rings. The number of rotatable bonds is 7. The van der Waals surface area contributed by atoms with Gasteiger partial charge in [-0.15, -0.1) is 5.11 Å². The average molecular weight is 371 g/mol. The summed E-state index contributed by atoms with van der Waals surface area (Å²) in [4.78, 5) is 11.2. The van der Waals surface area contributed by atoms with Crippen molar-refractivity contribution in [2.24, 2.45) is 16.3 Å². The maximum Gasteiger partial charge on any atom is 0.247 e. The van der Waals surface area contributed by atoms with Crippen molar-refractivity contribution in [1.82, 2.24) is 15.1 Å². The van der Waals surface area contributed by atoms with E-state index < -0.39 is 5.91 Å². The van der Waals surface area contributed by atoms with Gasteiger partial charge in [0.1, 0.15) is 0 Å². The first-order valence-corrected chi connectivity index (χ1v) is 9.04. The molecule has 0 fully saturated rings. The fourth-order valence-electron chi connectivity index (χ4n) is 3.52. The molecule has 27 heavy (non-hydrogen) atoms. The number of fused-ring (bicyclic) bond motifs is 1. The Hall–Kier alpha value is -2.71. The number of hydrogen-bond donors (Lipinski definition) is 3. The van der Waals surface area contributed by atoms with Crippen LogP contribution in [0.1, 0.15) is 32.0 Å². The first-order chi connectivity index (χ1) is 13.0. The summed E-state index contributed by atoms with van der Waals surface area (Å²) in [6.07, 6.45) is 1.71. The van der Waals surface area contributed by atoms with Crippen LogP contribution in [0.3, 0.4) is 0 Å². The Morgan fingerprint density at radius 1 is 1.37 bits per heavy atom. The van der Waals surface area contributed by atoms with Crippen molar-refractivity contribution in [2.75, 3.05) is 13.2 Å². The standard InChI is InChI=1S/C19H25N5O3/c1-13(2)19(24-12-15(20-22-24)7-8-18(26)21-27)17-11-14-5-3-4-6-16(14)23(17)9-10-25/h3-7,11,13,19,25,27H,8-10,12H2,1-2H3,(H,21,26)/b15-7-. The highest BCUT2D eigenvalue weighted by atomic mass is 16.5. The molecule has 0 aliphatic carbocycles. The van der Waals surface area contributed by atoms with E-state index in [-0.39, 0.29) is 25.0 Å². The van der Waals surface area contributed by atoms with Crippen molar-refractivity contribution in [2.45, 2.75) is 32.9 Å². The molecule has 2 heterocycles. The Morgan fingerprint density at radius 3 is 2.85 bits per heavy atom. The molecule has 1 amide bonds. The van der Waals surface area contributed by atoms with Gasteiger partial charge in [-0.25, -0.2) is 5.48 Å². The summed E-state index contributed by atoms with van der Waals surface area (Å²) in [6, 6.07) is 10.2. The molecule has 144 valence electrons. The maximum atomic E-state index is 11.2. The Balaban J connectivity index is 1.91. The van der Waals surface area contributed by atoms with Crippen LogP contribution in [0, 0.1) is 5.92 Å². The Labute approximate surface area is 157 Å². The fourth-order valence-corrected chi connectivity index (χ4v) is 3.52. The first kappa shape index (κ1) is 19.1. The van der Waals surface area contributed by atoms with E-state index in [0.717, 1.165) is 16.6 Å². The Bertz CT molecular complexity index is 871. The number of carbonyl (C=O) groups is 1. The minimum atomic E-state index is -0.486. The fraction of sp³-hybridized carbons (Fsp3) is 0.421. The van der Waals surface area contributed by atoms with Gasteiger partial charge >= 0.3 is 0 Å². The van der Waals surface area contributed by atoms with Gasteiger partial charge in [-0.1, -0.05) is 37.3 Å². The molecule has 0 bridgehead atoms.